The van der Waals surface area contributed by atoms with Gasteiger partial charge in [0.1, 0.15) is 0 Å². The largest absolute Gasteiger partial charge is 0.322 e. The third kappa shape index (κ3) is 3.47. The number of nitrogens with zero attached hydrogens (tertiary/aromatic N) is 1. The summed E-state index contributed by atoms with van der Waals surface area (Å²) >= 11 is 6.20. The maximum Gasteiger partial charge on any atom is 0.241 e. The number of carbonyl (C=O) groups is 1. The third-order valence-corrected chi connectivity index (χ3v) is 5.90. The van der Waals surface area contributed by atoms with Crippen molar-refractivity contribution >= 4 is 23.2 Å². The minimum absolute atomic E-state index is 0.182. The molecule has 2 fully saturated rings. The maximum absolute atomic E-state index is 15.0. The van der Waals surface area contributed by atoms with Crippen molar-refractivity contribution in [1.29, 1.82) is 0 Å². The van der Waals surface area contributed by atoms with Crippen LogP contribution in [-0.4, -0.2) is 43.5 Å². The number of fused-ring (bicyclic) bond motifs is 1. The Morgan fingerprint density at radius 2 is 1.96 bits per heavy atom. The first kappa shape index (κ1) is 18.4. The highest BCUT2D eigenvalue weighted by molar-refractivity contribution is 6.33. The minimum Gasteiger partial charge on any atom is -0.322 e. The van der Waals surface area contributed by atoms with E-state index in [1.807, 2.05) is 20.2 Å². The van der Waals surface area contributed by atoms with E-state index in [0.717, 1.165) is 19.4 Å². The van der Waals surface area contributed by atoms with Gasteiger partial charge in [0.05, 0.1) is 11.7 Å². The predicted molar refractivity (Wildman–Crippen MR) is 106 cm³/mol. The Hall–Kier alpha value is -1.95. The van der Waals surface area contributed by atoms with Crippen molar-refractivity contribution in [1.82, 2.24) is 10.2 Å². The van der Waals surface area contributed by atoms with Gasteiger partial charge >= 0.3 is 0 Å². The van der Waals surface area contributed by atoms with Gasteiger partial charge in [-0.3, -0.25) is 4.79 Å². The zero-order valence-electron chi connectivity index (χ0n) is 15.4. The van der Waals surface area contributed by atoms with Gasteiger partial charge in [-0.25, -0.2) is 4.39 Å². The van der Waals surface area contributed by atoms with E-state index in [1.165, 1.54) is 0 Å². The molecule has 1 aliphatic carbocycles. The van der Waals surface area contributed by atoms with Gasteiger partial charge in [0, 0.05) is 34.2 Å². The summed E-state index contributed by atoms with van der Waals surface area (Å²) in [5, 5.41) is 6.62. The lowest BCUT2D eigenvalue weighted by atomic mass is 9.98. The van der Waals surface area contributed by atoms with E-state index in [9.17, 15) is 4.79 Å². The van der Waals surface area contributed by atoms with E-state index >= 15 is 4.39 Å². The van der Waals surface area contributed by atoms with E-state index in [-0.39, 0.29) is 23.1 Å². The lowest BCUT2D eigenvalue weighted by molar-refractivity contribution is -0.118. The Morgan fingerprint density at radius 1 is 1.22 bits per heavy atom. The van der Waals surface area contributed by atoms with Crippen LogP contribution < -0.4 is 10.6 Å². The minimum atomic E-state index is -0.467. The average Bonchev–Trinajstić information content (AvgIpc) is 3.15. The average molecular weight is 388 g/mol. The van der Waals surface area contributed by atoms with Crippen LogP contribution in [0.25, 0.3) is 11.1 Å². The Morgan fingerprint density at radius 3 is 2.70 bits per heavy atom. The van der Waals surface area contributed by atoms with Crippen molar-refractivity contribution in [2.75, 3.05) is 26.0 Å². The molecule has 1 aliphatic heterocycles. The van der Waals surface area contributed by atoms with Crippen LogP contribution >= 0.6 is 11.6 Å². The second-order valence-electron chi connectivity index (χ2n) is 7.92. The van der Waals surface area contributed by atoms with E-state index in [1.54, 1.807) is 36.4 Å². The maximum atomic E-state index is 15.0. The highest BCUT2D eigenvalue weighted by Crippen LogP contribution is 2.54. The Balaban J connectivity index is 1.50. The molecule has 2 aromatic rings. The molecule has 1 saturated carbocycles. The van der Waals surface area contributed by atoms with E-state index in [0.29, 0.717) is 22.2 Å². The summed E-state index contributed by atoms with van der Waals surface area (Å²) in [5.41, 5.74) is 1.35. The van der Waals surface area contributed by atoms with Crippen molar-refractivity contribution in [3.05, 3.63) is 53.3 Å². The van der Waals surface area contributed by atoms with Crippen LogP contribution in [0.3, 0.4) is 0 Å². The number of carbonyl (C=O) groups excluding carboxylic acids is 1. The molecule has 1 amide bonds. The van der Waals surface area contributed by atoms with Gasteiger partial charge in [0.25, 0.3) is 0 Å². The van der Waals surface area contributed by atoms with Gasteiger partial charge in [-0.15, -0.1) is 0 Å². The SMILES string of the molecule is CN(C)CC12CC1N[C@H](C(=O)Nc1cccc(-c3ccccc3Cl)c1F)C2. The summed E-state index contributed by atoms with van der Waals surface area (Å²) in [7, 11) is 4.10. The fraction of sp³-hybridized carbons (Fsp3) is 0.381. The van der Waals surface area contributed by atoms with Crippen molar-refractivity contribution in [2.24, 2.45) is 5.41 Å². The third-order valence-electron chi connectivity index (χ3n) is 5.57. The number of hydrogen-bond acceptors (Lipinski definition) is 3. The predicted octanol–water partition coefficient (Wildman–Crippen LogP) is 3.77. The summed E-state index contributed by atoms with van der Waals surface area (Å²) in [4.78, 5) is 14.9. The standard InChI is InChI=1S/C21H23ClFN3O/c1-26(2)12-21-10-17(24-18(21)11-21)20(27)25-16-9-5-7-14(19(16)23)13-6-3-4-8-15(13)22/h3-9,17-18,24H,10-12H2,1-2H3,(H,25,27)/t17-,18?,21?/m0/s1. The highest BCUT2D eigenvalue weighted by atomic mass is 35.5. The number of piperidine rings is 1. The van der Waals surface area contributed by atoms with Gasteiger partial charge in [-0.1, -0.05) is 41.9 Å². The molecule has 2 unspecified atom stereocenters. The van der Waals surface area contributed by atoms with Crippen LogP contribution in [0.4, 0.5) is 10.1 Å². The molecule has 6 heteroatoms. The van der Waals surface area contributed by atoms with Gasteiger partial charge in [0.2, 0.25) is 5.91 Å². The first-order valence-corrected chi connectivity index (χ1v) is 9.52. The highest BCUT2D eigenvalue weighted by Gasteiger charge is 2.61. The van der Waals surface area contributed by atoms with Crippen molar-refractivity contribution < 1.29 is 9.18 Å². The molecule has 2 N–H and O–H groups in total. The van der Waals surface area contributed by atoms with Gasteiger partial charge < -0.3 is 15.5 Å². The molecule has 142 valence electrons. The van der Waals surface area contributed by atoms with E-state index in [4.69, 9.17) is 11.6 Å². The van der Waals surface area contributed by atoms with Crippen LogP contribution in [0, 0.1) is 11.2 Å². The van der Waals surface area contributed by atoms with Gasteiger partial charge in [0.15, 0.2) is 5.82 Å². The van der Waals surface area contributed by atoms with Gasteiger partial charge in [-0.05, 0) is 39.1 Å². The summed E-state index contributed by atoms with van der Waals surface area (Å²) in [6, 6.07) is 12.2. The smallest absolute Gasteiger partial charge is 0.241 e. The summed E-state index contributed by atoms with van der Waals surface area (Å²) in [6.45, 7) is 0.963. The van der Waals surface area contributed by atoms with Crippen molar-refractivity contribution in [3.63, 3.8) is 0 Å². The van der Waals surface area contributed by atoms with Crippen LogP contribution in [-0.2, 0) is 4.79 Å². The zero-order valence-corrected chi connectivity index (χ0v) is 16.2. The summed E-state index contributed by atoms with van der Waals surface area (Å²) in [6.07, 6.45) is 1.89. The number of nitrogens with one attached hydrogen (secondary N) is 2. The topological polar surface area (TPSA) is 44.4 Å². The summed E-state index contributed by atoms with van der Waals surface area (Å²) < 4.78 is 15.0. The molecule has 1 heterocycles. The number of rotatable bonds is 5. The Labute approximate surface area is 163 Å². The first-order chi connectivity index (χ1) is 12.9. The molecule has 0 radical (unpaired) electrons. The molecule has 2 aromatic carbocycles. The molecule has 0 spiro atoms. The quantitative estimate of drug-likeness (QED) is 0.820. The first-order valence-electron chi connectivity index (χ1n) is 9.15. The molecule has 3 atom stereocenters. The number of benzene rings is 2. The second-order valence-corrected chi connectivity index (χ2v) is 8.32. The molecule has 0 aromatic heterocycles. The molecule has 0 bridgehead atoms. The van der Waals surface area contributed by atoms with Crippen LogP contribution in [0.15, 0.2) is 42.5 Å². The van der Waals surface area contributed by atoms with Crippen LogP contribution in [0.2, 0.25) is 5.02 Å². The fourth-order valence-corrected chi connectivity index (χ4v) is 4.53. The van der Waals surface area contributed by atoms with Crippen molar-refractivity contribution in [2.45, 2.75) is 24.9 Å². The summed E-state index contributed by atoms with van der Waals surface area (Å²) in [5.74, 6) is -0.652. The number of anilines is 1. The zero-order chi connectivity index (χ0) is 19.2. The lowest BCUT2D eigenvalue weighted by Crippen LogP contribution is -2.38. The van der Waals surface area contributed by atoms with Crippen LogP contribution in [0.5, 0.6) is 0 Å². The normalized spacial score (nSPS) is 26.1. The van der Waals surface area contributed by atoms with E-state index < -0.39 is 5.82 Å². The Bertz CT molecular complexity index is 887. The monoisotopic (exact) mass is 387 g/mol. The molecule has 4 nitrogen and oxygen atoms in total. The molecular weight excluding hydrogens is 365 g/mol. The molecular formula is C21H23ClFN3O. The molecule has 4 rings (SSSR count). The fourth-order valence-electron chi connectivity index (χ4n) is 4.29. The second kappa shape index (κ2) is 6.89. The molecule has 1 saturated heterocycles. The molecule has 2 aliphatic rings. The number of hydrogen-bond donors (Lipinski definition) is 2. The number of halogens is 2. The lowest BCUT2D eigenvalue weighted by Gasteiger charge is -2.19. The van der Waals surface area contributed by atoms with Gasteiger partial charge in [-0.2, -0.15) is 0 Å². The molecule has 27 heavy (non-hydrogen) atoms. The number of amides is 1. The van der Waals surface area contributed by atoms with E-state index in [2.05, 4.69) is 15.5 Å². The van der Waals surface area contributed by atoms with Crippen molar-refractivity contribution in [3.8, 4) is 11.1 Å². The van der Waals surface area contributed by atoms with Crippen LogP contribution in [0.1, 0.15) is 12.8 Å². The Kier molecular flexibility index (Phi) is 4.70.